The highest BCUT2D eigenvalue weighted by molar-refractivity contribution is 4.89. The molecule has 3 atom stereocenters. The Hall–Kier alpha value is -0.0800. The maximum Gasteiger partial charge on any atom is 0.0587 e. The molecule has 2 fully saturated rings. The molecule has 0 aliphatic heterocycles. The summed E-state index contributed by atoms with van der Waals surface area (Å²) in [6, 6.07) is 1.11. The lowest BCUT2D eigenvalue weighted by Crippen LogP contribution is -2.42. The van der Waals surface area contributed by atoms with E-state index in [1.165, 1.54) is 38.5 Å². The average Bonchev–Trinajstić information content (AvgIpc) is 2.98. The molecule has 0 radical (unpaired) electrons. The third-order valence-corrected chi connectivity index (χ3v) is 3.77. The minimum atomic E-state index is 0.327. The zero-order chi connectivity index (χ0) is 9.97. The number of aliphatic hydroxyl groups is 1. The Labute approximate surface area is 87.1 Å². The van der Waals surface area contributed by atoms with Crippen molar-refractivity contribution in [3.05, 3.63) is 0 Å². The van der Waals surface area contributed by atoms with Gasteiger partial charge in [-0.05, 0) is 37.5 Å². The summed E-state index contributed by atoms with van der Waals surface area (Å²) in [7, 11) is 0. The summed E-state index contributed by atoms with van der Waals surface area (Å²) in [5, 5.41) is 13.0. The molecule has 2 aliphatic carbocycles. The molecule has 2 saturated carbocycles. The molecule has 0 amide bonds. The Kier molecular flexibility index (Phi) is 3.45. The highest BCUT2D eigenvalue weighted by Gasteiger charge is 2.30. The minimum absolute atomic E-state index is 0.327. The first-order chi connectivity index (χ1) is 6.79. The number of rotatable bonds is 4. The van der Waals surface area contributed by atoms with Gasteiger partial charge in [0.2, 0.25) is 0 Å². The summed E-state index contributed by atoms with van der Waals surface area (Å²) in [5.41, 5.74) is 0. The molecule has 14 heavy (non-hydrogen) atoms. The Morgan fingerprint density at radius 3 is 2.64 bits per heavy atom. The molecular formula is C12H23NO. The number of hydrogen-bond acceptors (Lipinski definition) is 2. The van der Waals surface area contributed by atoms with Gasteiger partial charge in [-0.25, -0.2) is 0 Å². The summed E-state index contributed by atoms with van der Waals surface area (Å²) in [6.07, 6.45) is 8.00. The molecule has 2 N–H and O–H groups in total. The van der Waals surface area contributed by atoms with Crippen LogP contribution in [0.3, 0.4) is 0 Å². The molecule has 0 aromatic carbocycles. The van der Waals surface area contributed by atoms with Crippen LogP contribution in [0.25, 0.3) is 0 Å². The maximum atomic E-state index is 9.38. The van der Waals surface area contributed by atoms with Gasteiger partial charge in [0, 0.05) is 12.1 Å². The molecule has 2 nitrogen and oxygen atoms in total. The van der Waals surface area contributed by atoms with Crippen LogP contribution in [0.15, 0.2) is 0 Å². The minimum Gasteiger partial charge on any atom is -0.395 e. The number of hydrogen-bond donors (Lipinski definition) is 2. The maximum absolute atomic E-state index is 9.38. The lowest BCUT2D eigenvalue weighted by molar-refractivity contribution is 0.152. The summed E-state index contributed by atoms with van der Waals surface area (Å²) < 4.78 is 0. The fourth-order valence-corrected chi connectivity index (χ4v) is 2.74. The average molecular weight is 197 g/mol. The quantitative estimate of drug-likeness (QED) is 0.721. The third kappa shape index (κ3) is 2.71. The molecule has 2 heteroatoms. The zero-order valence-electron chi connectivity index (χ0n) is 9.21. The first-order valence-corrected chi connectivity index (χ1v) is 6.16. The van der Waals surface area contributed by atoms with E-state index < -0.39 is 0 Å². The molecule has 0 aromatic heterocycles. The Bertz CT molecular complexity index is 177. The van der Waals surface area contributed by atoms with Gasteiger partial charge in [0.15, 0.2) is 0 Å². The van der Waals surface area contributed by atoms with Gasteiger partial charge in [0.25, 0.3) is 0 Å². The van der Waals surface area contributed by atoms with Crippen molar-refractivity contribution in [2.75, 3.05) is 6.61 Å². The molecule has 2 aliphatic rings. The van der Waals surface area contributed by atoms with E-state index in [1.54, 1.807) is 0 Å². The van der Waals surface area contributed by atoms with E-state index in [0.717, 1.165) is 17.9 Å². The molecule has 0 saturated heterocycles. The van der Waals surface area contributed by atoms with E-state index in [2.05, 4.69) is 12.2 Å². The Morgan fingerprint density at radius 1 is 1.29 bits per heavy atom. The van der Waals surface area contributed by atoms with Crippen molar-refractivity contribution in [1.29, 1.82) is 0 Å². The smallest absolute Gasteiger partial charge is 0.0587 e. The second-order valence-corrected chi connectivity index (χ2v) is 5.26. The monoisotopic (exact) mass is 197 g/mol. The summed E-state index contributed by atoms with van der Waals surface area (Å²) in [4.78, 5) is 0. The van der Waals surface area contributed by atoms with Gasteiger partial charge < -0.3 is 10.4 Å². The topological polar surface area (TPSA) is 32.3 Å². The highest BCUT2D eigenvalue weighted by Crippen LogP contribution is 2.32. The molecular weight excluding hydrogens is 174 g/mol. The Balaban J connectivity index is 1.82. The Morgan fingerprint density at radius 2 is 2.07 bits per heavy atom. The number of aliphatic hydroxyl groups excluding tert-OH is 1. The van der Waals surface area contributed by atoms with Crippen LogP contribution in [0.2, 0.25) is 0 Å². The van der Waals surface area contributed by atoms with Crippen molar-refractivity contribution in [2.24, 2.45) is 11.8 Å². The van der Waals surface area contributed by atoms with Crippen molar-refractivity contribution in [2.45, 2.75) is 57.5 Å². The standard InChI is InChI=1S/C12H23NO/c1-9-3-2-4-10(7-9)12(8-14)13-11-5-6-11/h9-14H,2-8H2,1H3. The van der Waals surface area contributed by atoms with Gasteiger partial charge in [-0.3, -0.25) is 0 Å². The SMILES string of the molecule is CC1CCCC(C(CO)NC2CC2)C1. The van der Waals surface area contributed by atoms with Gasteiger partial charge in [-0.15, -0.1) is 0 Å². The van der Waals surface area contributed by atoms with Crippen molar-refractivity contribution in [3.63, 3.8) is 0 Å². The second-order valence-electron chi connectivity index (χ2n) is 5.26. The third-order valence-electron chi connectivity index (χ3n) is 3.77. The van der Waals surface area contributed by atoms with Gasteiger partial charge >= 0.3 is 0 Å². The fraction of sp³-hybridized carbons (Fsp3) is 1.00. The van der Waals surface area contributed by atoms with Crippen LogP contribution in [-0.2, 0) is 0 Å². The second kappa shape index (κ2) is 4.63. The van der Waals surface area contributed by atoms with Crippen molar-refractivity contribution < 1.29 is 5.11 Å². The van der Waals surface area contributed by atoms with E-state index >= 15 is 0 Å². The largest absolute Gasteiger partial charge is 0.395 e. The van der Waals surface area contributed by atoms with Crippen molar-refractivity contribution >= 4 is 0 Å². The van der Waals surface area contributed by atoms with Gasteiger partial charge in [0.1, 0.15) is 0 Å². The van der Waals surface area contributed by atoms with Crippen LogP contribution in [0.5, 0.6) is 0 Å². The highest BCUT2D eigenvalue weighted by atomic mass is 16.3. The van der Waals surface area contributed by atoms with Crippen molar-refractivity contribution in [3.8, 4) is 0 Å². The molecule has 2 rings (SSSR count). The van der Waals surface area contributed by atoms with Crippen LogP contribution in [0, 0.1) is 11.8 Å². The van der Waals surface area contributed by atoms with Crippen LogP contribution in [0.1, 0.15) is 45.4 Å². The van der Waals surface area contributed by atoms with Crippen LogP contribution < -0.4 is 5.32 Å². The van der Waals surface area contributed by atoms with Gasteiger partial charge in [0.05, 0.1) is 6.61 Å². The molecule has 0 spiro atoms. The fourth-order valence-electron chi connectivity index (χ4n) is 2.74. The first kappa shape index (κ1) is 10.4. The zero-order valence-corrected chi connectivity index (χ0v) is 9.21. The molecule has 0 aromatic rings. The first-order valence-electron chi connectivity index (χ1n) is 6.16. The van der Waals surface area contributed by atoms with E-state index in [9.17, 15) is 5.11 Å². The van der Waals surface area contributed by atoms with E-state index in [-0.39, 0.29) is 0 Å². The summed E-state index contributed by atoms with van der Waals surface area (Å²) in [6.45, 7) is 2.67. The lowest BCUT2D eigenvalue weighted by atomic mass is 9.79. The van der Waals surface area contributed by atoms with E-state index in [4.69, 9.17) is 0 Å². The predicted octanol–water partition coefficient (Wildman–Crippen LogP) is 1.93. The number of nitrogens with one attached hydrogen (secondary N) is 1. The molecule has 82 valence electrons. The van der Waals surface area contributed by atoms with Crippen LogP contribution in [-0.4, -0.2) is 23.8 Å². The van der Waals surface area contributed by atoms with E-state index in [0.29, 0.717) is 12.6 Å². The predicted molar refractivity (Wildman–Crippen MR) is 58.2 cm³/mol. The molecule has 3 unspecified atom stereocenters. The van der Waals surface area contributed by atoms with Crippen molar-refractivity contribution in [1.82, 2.24) is 5.32 Å². The van der Waals surface area contributed by atoms with Gasteiger partial charge in [-0.2, -0.15) is 0 Å². The van der Waals surface area contributed by atoms with Gasteiger partial charge in [-0.1, -0.05) is 19.8 Å². The van der Waals surface area contributed by atoms with Crippen LogP contribution in [0.4, 0.5) is 0 Å². The van der Waals surface area contributed by atoms with E-state index in [1.807, 2.05) is 0 Å². The molecule has 0 heterocycles. The molecule has 0 bridgehead atoms. The summed E-state index contributed by atoms with van der Waals surface area (Å²) in [5.74, 6) is 1.59. The summed E-state index contributed by atoms with van der Waals surface area (Å²) >= 11 is 0. The lowest BCUT2D eigenvalue weighted by Gasteiger charge is -2.33. The van der Waals surface area contributed by atoms with Crippen LogP contribution >= 0.6 is 0 Å². The normalized spacial score (nSPS) is 35.6.